The summed E-state index contributed by atoms with van der Waals surface area (Å²) in [6, 6.07) is 15.1. The van der Waals surface area contributed by atoms with Crippen molar-refractivity contribution in [2.24, 2.45) is 0 Å². The number of carboxylic acid groups (broad SMARTS) is 3. The highest BCUT2D eigenvalue weighted by atomic mass is 35.5. The standard InChI is InChI=1S/C53H65Cl2N9O16/c1-53(2)29-78-16-15-63(53)52(76)45-37-28-79-39-22-38(77-3)35(21-36(39)46(37)64(58-45)34-19-31(54)18-32(55)20-34)30-5-4-6-33(17-30)57-51(75)50-49(74)48(73)47(72)40(80-50)23-56-41(65)24-59-7-9-60(25-42(66)67)11-13-62(27-44(70)71)14-12-61(10-8-59)26-43(68)69/h4-6,17-22,40,47-50,72-74H,7-16,23-29H2,1-3H3,(H,56,65)(H,57,75)(H,66,67)(H,68,69)(H,70,71)/t40-,47-,48+,49+,50-/m0/s1. The molecule has 25 nitrogen and oxygen atoms in total. The molecule has 3 amide bonds. The van der Waals surface area contributed by atoms with Gasteiger partial charge < -0.3 is 65.1 Å². The first kappa shape index (κ1) is 59.6. The van der Waals surface area contributed by atoms with E-state index in [1.807, 2.05) is 19.9 Å². The minimum atomic E-state index is -1.90. The van der Waals surface area contributed by atoms with Gasteiger partial charge in [-0.1, -0.05) is 35.3 Å². The molecular formula is C53H65Cl2N9O16. The number of hydrogen-bond donors (Lipinski definition) is 8. The monoisotopic (exact) mass is 1150 g/mol. The molecule has 4 aliphatic rings. The first-order valence-corrected chi connectivity index (χ1v) is 26.6. The number of carbonyl (C=O) groups excluding carboxylic acids is 3. The first-order valence-electron chi connectivity index (χ1n) is 25.8. The summed E-state index contributed by atoms with van der Waals surface area (Å²) in [5.74, 6) is -4.27. The highest BCUT2D eigenvalue weighted by Gasteiger charge is 2.47. The summed E-state index contributed by atoms with van der Waals surface area (Å²) >= 11 is 13.0. The van der Waals surface area contributed by atoms with E-state index in [0.717, 1.165) is 0 Å². The summed E-state index contributed by atoms with van der Waals surface area (Å²) in [5, 5.41) is 72.7. The molecule has 80 heavy (non-hydrogen) atoms. The van der Waals surface area contributed by atoms with Gasteiger partial charge in [-0.3, -0.25) is 48.4 Å². The minimum Gasteiger partial charge on any atom is -0.496 e. The highest BCUT2D eigenvalue weighted by Crippen LogP contribution is 2.47. The lowest BCUT2D eigenvalue weighted by molar-refractivity contribution is -0.217. The third-order valence-corrected chi connectivity index (χ3v) is 14.8. The van der Waals surface area contributed by atoms with Crippen molar-refractivity contribution in [1.82, 2.24) is 39.6 Å². The molecule has 5 heterocycles. The van der Waals surface area contributed by atoms with E-state index in [1.165, 1.54) is 7.11 Å². The molecule has 4 aliphatic heterocycles. The van der Waals surface area contributed by atoms with Crippen molar-refractivity contribution in [3.05, 3.63) is 75.9 Å². The van der Waals surface area contributed by atoms with Crippen molar-refractivity contribution in [3.8, 4) is 39.6 Å². The van der Waals surface area contributed by atoms with Gasteiger partial charge in [0.2, 0.25) is 5.91 Å². The van der Waals surface area contributed by atoms with Crippen LogP contribution >= 0.6 is 23.2 Å². The van der Waals surface area contributed by atoms with Crippen molar-refractivity contribution in [2.75, 3.05) is 117 Å². The average molecular weight is 1160 g/mol. The van der Waals surface area contributed by atoms with E-state index in [-0.39, 0.29) is 102 Å². The second-order valence-corrected chi connectivity index (χ2v) is 21.5. The maximum absolute atomic E-state index is 14.5. The van der Waals surface area contributed by atoms with Crippen molar-refractivity contribution < 1.29 is 78.4 Å². The molecule has 0 aliphatic carbocycles. The van der Waals surface area contributed by atoms with E-state index in [0.29, 0.717) is 74.9 Å². The topological polar surface area (TPSA) is 319 Å². The number of carboxylic acids is 3. The SMILES string of the molecule is COc1cc2c(cc1-c1cccc(NC(=O)[C@H]3O[C@@H](CNC(=O)CN4CCN(CC(=O)O)CCN(CC(=O)O)CCN(CC(=O)O)CC4)[C@H](O)[C@@H](O)[C@H]3O)c1)-c1c(c(C(=O)N3CCOCC3(C)C)nn1-c1cc(Cl)cc(Cl)c1)CO2. The number of aliphatic hydroxyl groups excluding tert-OH is 3. The Bertz CT molecular complexity index is 2910. The zero-order valence-electron chi connectivity index (χ0n) is 44.3. The number of fused-ring (bicyclic) bond motifs is 3. The number of benzene rings is 3. The number of aliphatic carboxylic acids is 3. The molecule has 0 saturated carbocycles. The van der Waals surface area contributed by atoms with Crippen molar-refractivity contribution in [1.29, 1.82) is 0 Å². The molecule has 4 aromatic rings. The molecular weight excluding hydrogens is 1090 g/mol. The van der Waals surface area contributed by atoms with E-state index >= 15 is 0 Å². The number of ether oxygens (including phenoxy) is 4. The maximum Gasteiger partial charge on any atom is 0.317 e. The molecule has 27 heteroatoms. The minimum absolute atomic E-state index is 0.00762. The van der Waals surface area contributed by atoms with Crippen LogP contribution in [0.2, 0.25) is 10.0 Å². The van der Waals surface area contributed by atoms with Gasteiger partial charge in [-0.15, -0.1) is 0 Å². The second kappa shape index (κ2) is 26.0. The summed E-state index contributed by atoms with van der Waals surface area (Å²) in [6.07, 6.45) is -8.66. The Morgan fingerprint density at radius 3 is 1.89 bits per heavy atom. The summed E-state index contributed by atoms with van der Waals surface area (Å²) in [7, 11) is 1.49. The van der Waals surface area contributed by atoms with Crippen LogP contribution in [0.5, 0.6) is 11.5 Å². The van der Waals surface area contributed by atoms with Crippen molar-refractivity contribution in [2.45, 2.75) is 56.5 Å². The van der Waals surface area contributed by atoms with Crippen LogP contribution in [0.25, 0.3) is 28.1 Å². The van der Waals surface area contributed by atoms with Crippen LogP contribution in [0.4, 0.5) is 5.69 Å². The number of nitrogens with one attached hydrogen (secondary N) is 2. The molecule has 3 aromatic carbocycles. The number of anilines is 1. The number of halogens is 2. The second-order valence-electron chi connectivity index (χ2n) is 20.6. The highest BCUT2D eigenvalue weighted by molar-refractivity contribution is 6.34. The van der Waals surface area contributed by atoms with Crippen molar-refractivity contribution in [3.63, 3.8) is 0 Å². The summed E-state index contributed by atoms with van der Waals surface area (Å²) in [4.78, 5) is 85.3. The maximum atomic E-state index is 14.5. The van der Waals surface area contributed by atoms with Gasteiger partial charge in [0.1, 0.15) is 42.5 Å². The number of carbonyl (C=O) groups is 6. The van der Waals surface area contributed by atoms with E-state index < -0.39 is 72.3 Å². The van der Waals surface area contributed by atoms with Crippen LogP contribution < -0.4 is 20.1 Å². The van der Waals surface area contributed by atoms with E-state index in [1.54, 1.807) is 77.7 Å². The normalized spacial score (nSPS) is 22.4. The predicted molar refractivity (Wildman–Crippen MR) is 288 cm³/mol. The lowest BCUT2D eigenvalue weighted by Gasteiger charge is -2.41. The molecule has 0 radical (unpaired) electrons. The van der Waals surface area contributed by atoms with Crippen LogP contribution in [0.15, 0.2) is 54.6 Å². The van der Waals surface area contributed by atoms with Gasteiger partial charge in [-0.2, -0.15) is 5.10 Å². The smallest absolute Gasteiger partial charge is 0.317 e. The van der Waals surface area contributed by atoms with Crippen LogP contribution in [0, 0.1) is 0 Å². The predicted octanol–water partition coefficient (Wildman–Crippen LogP) is 1.05. The Labute approximate surface area is 470 Å². The molecule has 0 spiro atoms. The number of rotatable bonds is 16. The number of methoxy groups -OCH3 is 1. The number of morpholine rings is 1. The quantitative estimate of drug-likeness (QED) is 0.0777. The van der Waals surface area contributed by atoms with Crippen LogP contribution in [-0.4, -0.2) is 249 Å². The molecule has 3 saturated heterocycles. The van der Waals surface area contributed by atoms with Gasteiger partial charge in [0.25, 0.3) is 11.8 Å². The zero-order chi connectivity index (χ0) is 57.6. The van der Waals surface area contributed by atoms with E-state index in [4.69, 9.17) is 47.2 Å². The average Bonchev–Trinajstić information content (AvgIpc) is 3.84. The lowest BCUT2D eigenvalue weighted by Crippen LogP contribution is -2.62. The van der Waals surface area contributed by atoms with Gasteiger partial charge in [-0.05, 0) is 55.8 Å². The van der Waals surface area contributed by atoms with E-state index in [9.17, 15) is 59.4 Å². The van der Waals surface area contributed by atoms with Crippen LogP contribution in [0.1, 0.15) is 29.9 Å². The Morgan fingerprint density at radius 2 is 1.32 bits per heavy atom. The molecule has 3 fully saturated rings. The number of nitrogens with zero attached hydrogens (tertiary/aromatic N) is 7. The van der Waals surface area contributed by atoms with Gasteiger partial charge in [-0.25, -0.2) is 4.68 Å². The van der Waals surface area contributed by atoms with Gasteiger partial charge in [0.15, 0.2) is 11.8 Å². The molecule has 432 valence electrons. The van der Waals surface area contributed by atoms with Gasteiger partial charge in [0, 0.05) is 104 Å². The Hall–Kier alpha value is -6.49. The fourth-order valence-electron chi connectivity index (χ4n) is 10.2. The number of aliphatic hydroxyl groups is 3. The lowest BCUT2D eigenvalue weighted by atomic mass is 9.94. The largest absolute Gasteiger partial charge is 0.496 e. The molecule has 0 bridgehead atoms. The number of amides is 3. The Balaban J connectivity index is 0.984. The first-order chi connectivity index (χ1) is 38.1. The fraction of sp³-hybridized carbons (Fsp3) is 0.491. The van der Waals surface area contributed by atoms with Gasteiger partial charge >= 0.3 is 17.9 Å². The summed E-state index contributed by atoms with van der Waals surface area (Å²) < 4.78 is 25.4. The Morgan fingerprint density at radius 1 is 0.738 bits per heavy atom. The molecule has 8 rings (SSSR count). The number of aromatic nitrogens is 2. The fourth-order valence-corrected chi connectivity index (χ4v) is 10.7. The van der Waals surface area contributed by atoms with Crippen LogP contribution in [0.3, 0.4) is 0 Å². The zero-order valence-corrected chi connectivity index (χ0v) is 45.8. The van der Waals surface area contributed by atoms with E-state index in [2.05, 4.69) is 10.6 Å². The molecule has 8 N–H and O–H groups in total. The van der Waals surface area contributed by atoms with Crippen molar-refractivity contribution >= 4 is 64.5 Å². The number of hydrogen-bond acceptors (Lipinski definition) is 18. The summed E-state index contributed by atoms with van der Waals surface area (Å²) in [5.41, 5.74) is 2.94. The molecule has 5 atom stereocenters. The van der Waals surface area contributed by atoms with Gasteiger partial charge in [0.05, 0.1) is 63.4 Å². The third-order valence-electron chi connectivity index (χ3n) is 14.4. The summed E-state index contributed by atoms with van der Waals surface area (Å²) in [6.45, 7) is 4.55. The molecule has 0 unspecified atom stereocenters. The Kier molecular flexibility index (Phi) is 19.3. The molecule has 1 aromatic heterocycles. The van der Waals surface area contributed by atoms with Crippen LogP contribution in [-0.2, 0) is 40.1 Å². The third kappa shape index (κ3) is 14.3.